The molecule has 0 spiro atoms. The van der Waals surface area contributed by atoms with E-state index in [1.54, 1.807) is 13.0 Å². The van der Waals surface area contributed by atoms with Crippen LogP contribution >= 0.6 is 15.9 Å². The van der Waals surface area contributed by atoms with Crippen LogP contribution in [0.15, 0.2) is 24.4 Å². The predicted molar refractivity (Wildman–Crippen MR) is 70.9 cm³/mol. The summed E-state index contributed by atoms with van der Waals surface area (Å²) in [4.78, 5) is 3.53. The number of aryl methyl sites for hydroxylation is 1. The SMILES string of the molecule is CCn1cc(C(F)(F)F)nc1-c1ccc(CBr)cc1F. The Bertz CT molecular complexity index is 619. The Hall–Kier alpha value is -1.37. The summed E-state index contributed by atoms with van der Waals surface area (Å²) in [5.41, 5.74) is -0.248. The fourth-order valence-corrected chi connectivity index (χ4v) is 2.18. The van der Waals surface area contributed by atoms with Gasteiger partial charge in [0, 0.05) is 18.1 Å². The Labute approximate surface area is 121 Å². The molecular weight excluding hydrogens is 340 g/mol. The molecule has 1 heterocycles. The zero-order chi connectivity index (χ0) is 14.9. The van der Waals surface area contributed by atoms with Gasteiger partial charge in [-0.2, -0.15) is 13.2 Å². The highest BCUT2D eigenvalue weighted by atomic mass is 79.9. The molecule has 0 saturated carbocycles. The second-order valence-electron chi connectivity index (χ2n) is 4.18. The van der Waals surface area contributed by atoms with Crippen LogP contribution < -0.4 is 0 Å². The van der Waals surface area contributed by atoms with Gasteiger partial charge in [0.05, 0.1) is 5.56 Å². The molecule has 0 unspecified atom stereocenters. The van der Waals surface area contributed by atoms with Crippen molar-refractivity contribution in [3.8, 4) is 11.4 Å². The number of alkyl halides is 4. The first kappa shape index (κ1) is 15.0. The van der Waals surface area contributed by atoms with Gasteiger partial charge in [-0.15, -0.1) is 0 Å². The number of hydrogen-bond acceptors (Lipinski definition) is 1. The molecule has 108 valence electrons. The largest absolute Gasteiger partial charge is 0.434 e. The fourth-order valence-electron chi connectivity index (χ4n) is 1.83. The normalized spacial score (nSPS) is 11.9. The van der Waals surface area contributed by atoms with E-state index in [2.05, 4.69) is 20.9 Å². The Kier molecular flexibility index (Phi) is 4.17. The molecule has 2 nitrogen and oxygen atoms in total. The van der Waals surface area contributed by atoms with E-state index in [0.717, 1.165) is 6.20 Å². The van der Waals surface area contributed by atoms with Crippen LogP contribution in [0.1, 0.15) is 18.2 Å². The lowest BCUT2D eigenvalue weighted by atomic mass is 10.1. The molecule has 0 saturated heterocycles. The van der Waals surface area contributed by atoms with Gasteiger partial charge in [0.25, 0.3) is 0 Å². The highest BCUT2D eigenvalue weighted by Crippen LogP contribution is 2.32. The van der Waals surface area contributed by atoms with E-state index >= 15 is 0 Å². The molecule has 0 fully saturated rings. The second-order valence-corrected chi connectivity index (χ2v) is 4.74. The van der Waals surface area contributed by atoms with Crippen LogP contribution in [0.25, 0.3) is 11.4 Å². The maximum Gasteiger partial charge on any atom is 0.434 e. The minimum absolute atomic E-state index is 0.0153. The van der Waals surface area contributed by atoms with Gasteiger partial charge in [0.1, 0.15) is 11.6 Å². The van der Waals surface area contributed by atoms with Gasteiger partial charge in [-0.05, 0) is 24.6 Å². The Morgan fingerprint density at radius 1 is 1.30 bits per heavy atom. The summed E-state index contributed by atoms with van der Waals surface area (Å²) in [6.45, 7) is 1.95. The quantitative estimate of drug-likeness (QED) is 0.583. The molecule has 0 N–H and O–H groups in total. The monoisotopic (exact) mass is 350 g/mol. The number of aromatic nitrogens is 2. The Balaban J connectivity index is 2.54. The third-order valence-electron chi connectivity index (χ3n) is 2.84. The van der Waals surface area contributed by atoms with Crippen molar-refractivity contribution in [3.63, 3.8) is 0 Å². The van der Waals surface area contributed by atoms with Gasteiger partial charge in [0.2, 0.25) is 0 Å². The van der Waals surface area contributed by atoms with Crippen LogP contribution in [-0.4, -0.2) is 9.55 Å². The molecule has 0 aliphatic heterocycles. The number of benzene rings is 1. The van der Waals surface area contributed by atoms with Crippen molar-refractivity contribution in [2.45, 2.75) is 25.0 Å². The third-order valence-corrected chi connectivity index (χ3v) is 3.48. The predicted octanol–water partition coefficient (Wildman–Crippen LogP) is 4.62. The first-order valence-electron chi connectivity index (χ1n) is 5.86. The van der Waals surface area contributed by atoms with Gasteiger partial charge in [-0.1, -0.05) is 22.0 Å². The van der Waals surface area contributed by atoms with E-state index in [0.29, 0.717) is 10.9 Å². The van der Waals surface area contributed by atoms with Gasteiger partial charge < -0.3 is 4.57 Å². The van der Waals surface area contributed by atoms with Crippen molar-refractivity contribution in [1.82, 2.24) is 9.55 Å². The van der Waals surface area contributed by atoms with E-state index < -0.39 is 17.7 Å². The van der Waals surface area contributed by atoms with Crippen molar-refractivity contribution in [2.75, 3.05) is 0 Å². The molecule has 0 atom stereocenters. The van der Waals surface area contributed by atoms with Crippen LogP contribution in [0.4, 0.5) is 17.6 Å². The minimum atomic E-state index is -4.54. The van der Waals surface area contributed by atoms with E-state index in [1.807, 2.05) is 0 Å². The zero-order valence-corrected chi connectivity index (χ0v) is 12.1. The van der Waals surface area contributed by atoms with Crippen molar-refractivity contribution < 1.29 is 17.6 Å². The van der Waals surface area contributed by atoms with Crippen molar-refractivity contribution >= 4 is 15.9 Å². The molecular formula is C13H11BrF4N2. The molecule has 1 aromatic heterocycles. The van der Waals surface area contributed by atoms with Crippen molar-refractivity contribution in [3.05, 3.63) is 41.5 Å². The lowest BCUT2D eigenvalue weighted by Crippen LogP contribution is -2.05. The topological polar surface area (TPSA) is 17.8 Å². The van der Waals surface area contributed by atoms with Gasteiger partial charge in [0.15, 0.2) is 5.69 Å². The zero-order valence-electron chi connectivity index (χ0n) is 10.5. The smallest absolute Gasteiger partial charge is 0.331 e. The number of halogens is 5. The summed E-state index contributed by atoms with van der Waals surface area (Å²) in [5.74, 6) is -0.602. The second kappa shape index (κ2) is 5.55. The van der Waals surface area contributed by atoms with Gasteiger partial charge >= 0.3 is 6.18 Å². The molecule has 20 heavy (non-hydrogen) atoms. The number of hydrogen-bond donors (Lipinski definition) is 0. The van der Waals surface area contributed by atoms with E-state index in [-0.39, 0.29) is 17.9 Å². The molecule has 2 rings (SSSR count). The molecule has 2 aromatic rings. The summed E-state index contributed by atoms with van der Waals surface area (Å²) in [6.07, 6.45) is -3.64. The Morgan fingerprint density at radius 2 is 2.00 bits per heavy atom. The molecule has 0 amide bonds. The molecule has 0 aliphatic carbocycles. The fraction of sp³-hybridized carbons (Fsp3) is 0.308. The summed E-state index contributed by atoms with van der Waals surface area (Å²) < 4.78 is 53.3. The van der Waals surface area contributed by atoms with E-state index in [1.165, 1.54) is 16.7 Å². The van der Waals surface area contributed by atoms with Crippen LogP contribution in [0.5, 0.6) is 0 Å². The minimum Gasteiger partial charge on any atom is -0.331 e. The van der Waals surface area contributed by atoms with E-state index in [4.69, 9.17) is 0 Å². The molecule has 0 bridgehead atoms. The highest BCUT2D eigenvalue weighted by molar-refractivity contribution is 9.08. The average Bonchev–Trinajstić information content (AvgIpc) is 2.82. The lowest BCUT2D eigenvalue weighted by Gasteiger charge is -2.06. The molecule has 7 heteroatoms. The average molecular weight is 351 g/mol. The maximum absolute atomic E-state index is 14.0. The van der Waals surface area contributed by atoms with Crippen molar-refractivity contribution in [2.24, 2.45) is 0 Å². The van der Waals surface area contributed by atoms with Crippen LogP contribution in [0.3, 0.4) is 0 Å². The number of imidazole rings is 1. The summed E-state index contributed by atoms with van der Waals surface area (Å²) in [5, 5.41) is 0.472. The van der Waals surface area contributed by atoms with Crippen LogP contribution in [0.2, 0.25) is 0 Å². The summed E-state index contributed by atoms with van der Waals surface area (Å²) >= 11 is 3.19. The lowest BCUT2D eigenvalue weighted by molar-refractivity contribution is -0.140. The number of nitrogens with zero attached hydrogens (tertiary/aromatic N) is 2. The Morgan fingerprint density at radius 3 is 2.50 bits per heavy atom. The van der Waals surface area contributed by atoms with Crippen LogP contribution in [0, 0.1) is 5.82 Å². The van der Waals surface area contributed by atoms with E-state index in [9.17, 15) is 17.6 Å². The summed E-state index contributed by atoms with van der Waals surface area (Å²) in [7, 11) is 0. The van der Waals surface area contributed by atoms with Crippen molar-refractivity contribution in [1.29, 1.82) is 0 Å². The third kappa shape index (κ3) is 2.87. The molecule has 0 aliphatic rings. The number of rotatable bonds is 3. The molecule has 0 radical (unpaired) electrons. The van der Waals surface area contributed by atoms with Crippen LogP contribution in [-0.2, 0) is 18.1 Å². The van der Waals surface area contributed by atoms with Gasteiger partial charge in [-0.25, -0.2) is 9.37 Å². The summed E-state index contributed by atoms with van der Waals surface area (Å²) in [6, 6.07) is 4.38. The maximum atomic E-state index is 14.0. The highest BCUT2D eigenvalue weighted by Gasteiger charge is 2.35. The first-order chi connectivity index (χ1) is 9.36. The molecule has 1 aromatic carbocycles. The first-order valence-corrected chi connectivity index (χ1v) is 6.98. The standard InChI is InChI=1S/C13H11BrF4N2/c1-2-20-7-11(13(16,17)18)19-12(20)9-4-3-8(6-14)5-10(9)15/h3-5,7H,2,6H2,1H3. The van der Waals surface area contributed by atoms with Gasteiger partial charge in [-0.3, -0.25) is 0 Å².